The Labute approximate surface area is 87.6 Å². The largest absolute Gasteiger partial charge is 0.507 e. The first kappa shape index (κ1) is 10.0. The molecule has 1 aromatic heterocycles. The van der Waals surface area contributed by atoms with E-state index in [9.17, 15) is 5.11 Å². The average Bonchev–Trinajstić information content (AvgIpc) is 2.49. The maximum atomic E-state index is 10.0. The first-order valence-electron chi connectivity index (χ1n) is 4.76. The van der Waals surface area contributed by atoms with Crippen LogP contribution in [0.5, 0.6) is 5.75 Å². The molecule has 4 heteroatoms. The van der Waals surface area contributed by atoms with Crippen LogP contribution in [0.3, 0.4) is 0 Å². The number of nitrogens with two attached hydrogens (primary N) is 1. The molecule has 0 fully saturated rings. The predicted octanol–water partition coefficient (Wildman–Crippen LogP) is 1.88. The molecule has 1 aromatic carbocycles. The molecule has 0 atom stereocenters. The lowest BCUT2D eigenvalue weighted by molar-refractivity contribution is 0.122. The number of aromatic hydroxyl groups is 1. The summed E-state index contributed by atoms with van der Waals surface area (Å²) in [4.78, 5) is 7.74. The molecule has 2 aromatic rings. The molecule has 0 spiro atoms. The predicted molar refractivity (Wildman–Crippen MR) is 58.4 cm³/mol. The summed E-state index contributed by atoms with van der Waals surface area (Å²) in [5.41, 5.74) is 3.75. The molecule has 15 heavy (non-hydrogen) atoms. The van der Waals surface area contributed by atoms with Crippen molar-refractivity contribution in [3.8, 4) is 5.75 Å². The quantitative estimate of drug-likeness (QED) is 0.657. The van der Waals surface area contributed by atoms with Gasteiger partial charge in [-0.2, -0.15) is 0 Å². The van der Waals surface area contributed by atoms with Crippen LogP contribution in [0.15, 0.2) is 12.1 Å². The molecule has 0 aliphatic heterocycles. The Morgan fingerprint density at radius 3 is 2.80 bits per heavy atom. The SMILES string of the molecule is Cc1[nH]c2ccc(CON)c(O)c2c1C. The molecule has 0 unspecified atom stereocenters. The van der Waals surface area contributed by atoms with Gasteiger partial charge in [-0.3, -0.25) is 4.84 Å². The van der Waals surface area contributed by atoms with E-state index in [0.29, 0.717) is 5.56 Å². The number of aryl methyl sites for hydroxylation is 2. The first-order chi connectivity index (χ1) is 7.15. The normalized spacial score (nSPS) is 11.1. The van der Waals surface area contributed by atoms with Gasteiger partial charge in [-0.25, -0.2) is 5.90 Å². The number of rotatable bonds is 2. The number of phenolic OH excluding ortho intramolecular Hbond substituents is 1. The van der Waals surface area contributed by atoms with Crippen molar-refractivity contribution < 1.29 is 9.94 Å². The van der Waals surface area contributed by atoms with Crippen LogP contribution < -0.4 is 5.90 Å². The number of aromatic amines is 1. The smallest absolute Gasteiger partial charge is 0.130 e. The van der Waals surface area contributed by atoms with Gasteiger partial charge in [0, 0.05) is 22.2 Å². The number of nitrogens with one attached hydrogen (secondary N) is 1. The molecule has 0 saturated heterocycles. The molecule has 0 aliphatic carbocycles. The lowest BCUT2D eigenvalue weighted by Crippen LogP contribution is -1.99. The van der Waals surface area contributed by atoms with E-state index >= 15 is 0 Å². The van der Waals surface area contributed by atoms with E-state index in [4.69, 9.17) is 5.90 Å². The highest BCUT2D eigenvalue weighted by molar-refractivity contribution is 5.91. The lowest BCUT2D eigenvalue weighted by atomic mass is 10.1. The first-order valence-corrected chi connectivity index (χ1v) is 4.76. The Hall–Kier alpha value is -1.52. The van der Waals surface area contributed by atoms with Gasteiger partial charge in [-0.1, -0.05) is 6.07 Å². The van der Waals surface area contributed by atoms with Crippen molar-refractivity contribution in [3.63, 3.8) is 0 Å². The Bertz CT molecular complexity index is 503. The molecule has 0 aliphatic rings. The Morgan fingerprint density at radius 2 is 2.13 bits per heavy atom. The number of phenols is 1. The highest BCUT2D eigenvalue weighted by atomic mass is 16.6. The number of benzene rings is 1. The summed E-state index contributed by atoms with van der Waals surface area (Å²) < 4.78 is 0. The van der Waals surface area contributed by atoms with Crippen LogP contribution in [0.2, 0.25) is 0 Å². The fraction of sp³-hybridized carbons (Fsp3) is 0.273. The maximum absolute atomic E-state index is 10.0. The second-order valence-corrected chi connectivity index (χ2v) is 3.68. The lowest BCUT2D eigenvalue weighted by Gasteiger charge is -2.04. The molecule has 4 nitrogen and oxygen atoms in total. The molecular weight excluding hydrogens is 192 g/mol. The maximum Gasteiger partial charge on any atom is 0.130 e. The zero-order valence-electron chi connectivity index (χ0n) is 8.79. The van der Waals surface area contributed by atoms with E-state index in [2.05, 4.69) is 9.82 Å². The third-order valence-corrected chi connectivity index (χ3v) is 2.76. The highest BCUT2D eigenvalue weighted by Gasteiger charge is 2.11. The number of hydrogen-bond donors (Lipinski definition) is 3. The fourth-order valence-corrected chi connectivity index (χ4v) is 1.81. The van der Waals surface area contributed by atoms with Crippen molar-refractivity contribution in [3.05, 3.63) is 29.0 Å². The molecule has 0 saturated carbocycles. The number of aromatic nitrogens is 1. The molecule has 0 radical (unpaired) electrons. The third-order valence-electron chi connectivity index (χ3n) is 2.76. The Kier molecular flexibility index (Phi) is 2.38. The zero-order valence-corrected chi connectivity index (χ0v) is 8.79. The standard InChI is InChI=1S/C11H14N2O2/c1-6-7(2)13-9-4-3-8(5-15-12)11(14)10(6)9/h3-4,13-14H,5,12H2,1-2H3. The van der Waals surface area contributed by atoms with E-state index in [1.54, 1.807) is 6.07 Å². The minimum Gasteiger partial charge on any atom is -0.507 e. The monoisotopic (exact) mass is 206 g/mol. The second kappa shape index (κ2) is 3.56. The van der Waals surface area contributed by atoms with Gasteiger partial charge >= 0.3 is 0 Å². The van der Waals surface area contributed by atoms with Gasteiger partial charge in [0.25, 0.3) is 0 Å². The van der Waals surface area contributed by atoms with Crippen LogP contribution in [0.4, 0.5) is 0 Å². The zero-order chi connectivity index (χ0) is 11.0. The Balaban J connectivity index is 2.71. The fourth-order valence-electron chi connectivity index (χ4n) is 1.81. The van der Waals surface area contributed by atoms with E-state index in [-0.39, 0.29) is 12.4 Å². The highest BCUT2D eigenvalue weighted by Crippen LogP contribution is 2.32. The van der Waals surface area contributed by atoms with Gasteiger partial charge in [0.05, 0.1) is 6.61 Å². The van der Waals surface area contributed by atoms with Crippen LogP contribution in [0, 0.1) is 13.8 Å². The van der Waals surface area contributed by atoms with Crippen molar-refractivity contribution in [2.75, 3.05) is 0 Å². The molecule has 2 rings (SSSR count). The van der Waals surface area contributed by atoms with E-state index in [1.165, 1.54) is 0 Å². The van der Waals surface area contributed by atoms with E-state index < -0.39 is 0 Å². The molecule has 80 valence electrons. The second-order valence-electron chi connectivity index (χ2n) is 3.68. The van der Waals surface area contributed by atoms with Crippen LogP contribution in [-0.4, -0.2) is 10.1 Å². The third kappa shape index (κ3) is 1.48. The average molecular weight is 206 g/mol. The van der Waals surface area contributed by atoms with Crippen LogP contribution in [-0.2, 0) is 11.4 Å². The topological polar surface area (TPSA) is 71.3 Å². The summed E-state index contributed by atoms with van der Waals surface area (Å²) in [6.07, 6.45) is 0. The van der Waals surface area contributed by atoms with Crippen LogP contribution >= 0.6 is 0 Å². The van der Waals surface area contributed by atoms with Gasteiger partial charge in [0.1, 0.15) is 5.75 Å². The molecule has 4 N–H and O–H groups in total. The summed E-state index contributed by atoms with van der Waals surface area (Å²) in [7, 11) is 0. The summed E-state index contributed by atoms with van der Waals surface area (Å²) in [5.74, 6) is 5.25. The van der Waals surface area contributed by atoms with Crippen molar-refractivity contribution in [2.24, 2.45) is 5.90 Å². The summed E-state index contributed by atoms with van der Waals surface area (Å²) in [6, 6.07) is 3.73. The van der Waals surface area contributed by atoms with Gasteiger partial charge < -0.3 is 10.1 Å². The van der Waals surface area contributed by atoms with Crippen LogP contribution in [0.25, 0.3) is 10.9 Å². The minimum atomic E-state index is 0.214. The summed E-state index contributed by atoms with van der Waals surface area (Å²) in [6.45, 7) is 4.17. The van der Waals surface area contributed by atoms with Gasteiger partial charge in [0.15, 0.2) is 0 Å². The van der Waals surface area contributed by atoms with Crippen LogP contribution in [0.1, 0.15) is 16.8 Å². The molecular formula is C11H14N2O2. The summed E-state index contributed by atoms with van der Waals surface area (Å²) in [5, 5.41) is 10.9. The molecule has 1 heterocycles. The number of fused-ring (bicyclic) bond motifs is 1. The van der Waals surface area contributed by atoms with E-state index in [0.717, 1.165) is 22.2 Å². The van der Waals surface area contributed by atoms with Crippen molar-refractivity contribution in [2.45, 2.75) is 20.5 Å². The van der Waals surface area contributed by atoms with Crippen molar-refractivity contribution >= 4 is 10.9 Å². The molecule has 0 amide bonds. The van der Waals surface area contributed by atoms with Gasteiger partial charge in [-0.15, -0.1) is 0 Å². The molecule has 0 bridgehead atoms. The van der Waals surface area contributed by atoms with E-state index in [1.807, 2.05) is 19.9 Å². The van der Waals surface area contributed by atoms with Crippen molar-refractivity contribution in [1.82, 2.24) is 4.98 Å². The Morgan fingerprint density at radius 1 is 1.40 bits per heavy atom. The van der Waals surface area contributed by atoms with Crippen molar-refractivity contribution in [1.29, 1.82) is 0 Å². The van der Waals surface area contributed by atoms with Gasteiger partial charge in [0.2, 0.25) is 0 Å². The number of H-pyrrole nitrogens is 1. The van der Waals surface area contributed by atoms with Gasteiger partial charge in [-0.05, 0) is 25.5 Å². The summed E-state index contributed by atoms with van der Waals surface area (Å²) >= 11 is 0. The number of hydrogen-bond acceptors (Lipinski definition) is 3. The minimum absolute atomic E-state index is 0.214.